The summed E-state index contributed by atoms with van der Waals surface area (Å²) in [7, 11) is 0. The molecule has 2 aromatic heterocycles. The lowest BCUT2D eigenvalue weighted by molar-refractivity contribution is -0.137. The van der Waals surface area contributed by atoms with Gasteiger partial charge in [-0.05, 0) is 30.7 Å². The lowest BCUT2D eigenvalue weighted by atomic mass is 10.1. The number of aryl methyl sites for hydroxylation is 1. The van der Waals surface area contributed by atoms with Crippen LogP contribution >= 0.6 is 0 Å². The standard InChI is InChI=1S/C14H10F3N3/c1-9-3-2-8-20-12(9)18-19-13(20)10-4-6-11(7-5-10)14(15,16)17/h2-8H,1H3. The predicted octanol–water partition coefficient (Wildman–Crippen LogP) is 3.72. The van der Waals surface area contributed by atoms with Gasteiger partial charge >= 0.3 is 6.18 Å². The van der Waals surface area contributed by atoms with Crippen LogP contribution in [0.25, 0.3) is 17.0 Å². The molecule has 0 aliphatic heterocycles. The molecule has 0 atom stereocenters. The van der Waals surface area contributed by atoms with Crippen molar-refractivity contribution in [3.05, 3.63) is 53.7 Å². The van der Waals surface area contributed by atoms with E-state index in [2.05, 4.69) is 10.2 Å². The highest BCUT2D eigenvalue weighted by molar-refractivity contribution is 5.61. The summed E-state index contributed by atoms with van der Waals surface area (Å²) in [5.74, 6) is 0.525. The highest BCUT2D eigenvalue weighted by atomic mass is 19.4. The zero-order chi connectivity index (χ0) is 14.3. The number of halogens is 3. The first-order valence-corrected chi connectivity index (χ1v) is 5.95. The van der Waals surface area contributed by atoms with Crippen molar-refractivity contribution in [1.29, 1.82) is 0 Å². The van der Waals surface area contributed by atoms with Crippen LogP contribution in [0.15, 0.2) is 42.6 Å². The van der Waals surface area contributed by atoms with Gasteiger partial charge in [-0.3, -0.25) is 4.40 Å². The Kier molecular flexibility index (Phi) is 2.74. The SMILES string of the molecule is Cc1cccn2c(-c3ccc(C(F)(F)F)cc3)nnc12. The van der Waals surface area contributed by atoms with E-state index >= 15 is 0 Å². The molecular weight excluding hydrogens is 267 g/mol. The summed E-state index contributed by atoms with van der Waals surface area (Å²) in [5.41, 5.74) is 1.57. The Morgan fingerprint density at radius 1 is 1.00 bits per heavy atom. The van der Waals surface area contributed by atoms with Crippen LogP contribution < -0.4 is 0 Å². The fourth-order valence-corrected chi connectivity index (χ4v) is 2.05. The van der Waals surface area contributed by atoms with E-state index < -0.39 is 11.7 Å². The monoisotopic (exact) mass is 277 g/mol. The number of hydrogen-bond donors (Lipinski definition) is 0. The van der Waals surface area contributed by atoms with Crippen molar-refractivity contribution in [2.45, 2.75) is 13.1 Å². The van der Waals surface area contributed by atoms with Crippen LogP contribution in [-0.2, 0) is 6.18 Å². The molecule has 3 aromatic rings. The van der Waals surface area contributed by atoms with Crippen molar-refractivity contribution in [2.75, 3.05) is 0 Å². The minimum atomic E-state index is -4.33. The van der Waals surface area contributed by atoms with Crippen LogP contribution in [0.3, 0.4) is 0 Å². The maximum absolute atomic E-state index is 12.5. The van der Waals surface area contributed by atoms with Gasteiger partial charge in [-0.25, -0.2) is 0 Å². The Balaban J connectivity index is 2.10. The molecule has 0 fully saturated rings. The first-order chi connectivity index (χ1) is 9.47. The number of alkyl halides is 3. The maximum atomic E-state index is 12.5. The van der Waals surface area contributed by atoms with Crippen molar-refractivity contribution in [3.8, 4) is 11.4 Å². The van der Waals surface area contributed by atoms with Crippen LogP contribution in [0.2, 0.25) is 0 Å². The van der Waals surface area contributed by atoms with Crippen LogP contribution in [-0.4, -0.2) is 14.6 Å². The van der Waals surface area contributed by atoms with Gasteiger partial charge in [0.1, 0.15) is 0 Å². The van der Waals surface area contributed by atoms with Gasteiger partial charge in [0.15, 0.2) is 11.5 Å². The highest BCUT2D eigenvalue weighted by Gasteiger charge is 2.30. The molecule has 6 heteroatoms. The molecule has 0 spiro atoms. The molecule has 0 saturated heterocycles. The number of fused-ring (bicyclic) bond motifs is 1. The summed E-state index contributed by atoms with van der Waals surface area (Å²) in [6.45, 7) is 1.90. The highest BCUT2D eigenvalue weighted by Crippen LogP contribution is 2.30. The summed E-state index contributed by atoms with van der Waals surface area (Å²) in [5, 5.41) is 8.11. The molecule has 3 rings (SSSR count). The average Bonchev–Trinajstić information content (AvgIpc) is 2.83. The van der Waals surface area contributed by atoms with Crippen molar-refractivity contribution in [1.82, 2.24) is 14.6 Å². The van der Waals surface area contributed by atoms with E-state index in [1.165, 1.54) is 12.1 Å². The lowest BCUT2D eigenvalue weighted by Gasteiger charge is -2.07. The molecule has 0 bridgehead atoms. The molecule has 2 heterocycles. The minimum Gasteiger partial charge on any atom is -0.282 e. The fourth-order valence-electron chi connectivity index (χ4n) is 2.05. The maximum Gasteiger partial charge on any atom is 0.416 e. The molecule has 102 valence electrons. The molecule has 1 aromatic carbocycles. The van der Waals surface area contributed by atoms with E-state index in [1.54, 1.807) is 10.6 Å². The van der Waals surface area contributed by atoms with Crippen molar-refractivity contribution in [2.24, 2.45) is 0 Å². The van der Waals surface area contributed by atoms with E-state index in [0.29, 0.717) is 17.0 Å². The van der Waals surface area contributed by atoms with Crippen LogP contribution in [0, 0.1) is 6.92 Å². The summed E-state index contributed by atoms with van der Waals surface area (Å²) < 4.78 is 39.4. The topological polar surface area (TPSA) is 30.2 Å². The number of rotatable bonds is 1. The smallest absolute Gasteiger partial charge is 0.282 e. The number of benzene rings is 1. The summed E-state index contributed by atoms with van der Waals surface area (Å²) in [6.07, 6.45) is -2.54. The predicted molar refractivity (Wildman–Crippen MR) is 68.2 cm³/mol. The molecule has 0 N–H and O–H groups in total. The first kappa shape index (κ1) is 12.7. The molecule has 3 nitrogen and oxygen atoms in total. The van der Waals surface area contributed by atoms with Crippen LogP contribution in [0.5, 0.6) is 0 Å². The number of aromatic nitrogens is 3. The lowest BCUT2D eigenvalue weighted by Crippen LogP contribution is -2.04. The van der Waals surface area contributed by atoms with Crippen molar-refractivity contribution in [3.63, 3.8) is 0 Å². The van der Waals surface area contributed by atoms with Gasteiger partial charge in [0.2, 0.25) is 0 Å². The Labute approximate surface area is 112 Å². The fraction of sp³-hybridized carbons (Fsp3) is 0.143. The second-order valence-corrected chi connectivity index (χ2v) is 4.48. The van der Waals surface area contributed by atoms with Gasteiger partial charge in [-0.15, -0.1) is 10.2 Å². The normalized spacial score (nSPS) is 12.0. The summed E-state index contributed by atoms with van der Waals surface area (Å²) in [4.78, 5) is 0. The zero-order valence-electron chi connectivity index (χ0n) is 10.5. The first-order valence-electron chi connectivity index (χ1n) is 5.95. The average molecular weight is 277 g/mol. The van der Waals surface area contributed by atoms with Gasteiger partial charge in [-0.2, -0.15) is 13.2 Å². The summed E-state index contributed by atoms with van der Waals surface area (Å²) >= 11 is 0. The van der Waals surface area contributed by atoms with Crippen molar-refractivity contribution >= 4 is 5.65 Å². The van der Waals surface area contributed by atoms with Gasteiger partial charge in [-0.1, -0.05) is 18.2 Å². The quantitative estimate of drug-likeness (QED) is 0.678. The van der Waals surface area contributed by atoms with E-state index in [1.807, 2.05) is 19.1 Å². The molecule has 0 saturated carbocycles. The zero-order valence-corrected chi connectivity index (χ0v) is 10.5. The van der Waals surface area contributed by atoms with E-state index in [4.69, 9.17) is 0 Å². The number of nitrogens with zero attached hydrogens (tertiary/aromatic N) is 3. The van der Waals surface area contributed by atoms with Gasteiger partial charge in [0.05, 0.1) is 5.56 Å². The molecule has 0 aliphatic carbocycles. The van der Waals surface area contributed by atoms with E-state index in [0.717, 1.165) is 17.7 Å². The largest absolute Gasteiger partial charge is 0.416 e. The van der Waals surface area contributed by atoms with Gasteiger partial charge in [0.25, 0.3) is 0 Å². The van der Waals surface area contributed by atoms with Crippen LogP contribution in [0.1, 0.15) is 11.1 Å². The molecule has 20 heavy (non-hydrogen) atoms. The molecule has 0 unspecified atom stereocenters. The van der Waals surface area contributed by atoms with E-state index in [-0.39, 0.29) is 0 Å². The summed E-state index contributed by atoms with van der Waals surface area (Å²) in [6, 6.07) is 8.65. The molecule has 0 amide bonds. The second kappa shape index (κ2) is 4.33. The Morgan fingerprint density at radius 3 is 2.35 bits per heavy atom. The third kappa shape index (κ3) is 2.03. The van der Waals surface area contributed by atoms with Gasteiger partial charge < -0.3 is 0 Å². The minimum absolute atomic E-state index is 0.525. The molecule has 0 aliphatic rings. The van der Waals surface area contributed by atoms with Gasteiger partial charge in [0, 0.05) is 11.8 Å². The Hall–Kier alpha value is -2.37. The Morgan fingerprint density at radius 2 is 1.70 bits per heavy atom. The van der Waals surface area contributed by atoms with E-state index in [9.17, 15) is 13.2 Å². The third-order valence-corrected chi connectivity index (χ3v) is 3.10. The van der Waals surface area contributed by atoms with Crippen molar-refractivity contribution < 1.29 is 13.2 Å². The molecular formula is C14H10F3N3. The number of pyridine rings is 1. The van der Waals surface area contributed by atoms with Crippen LogP contribution in [0.4, 0.5) is 13.2 Å². The second-order valence-electron chi connectivity index (χ2n) is 4.48. The number of hydrogen-bond acceptors (Lipinski definition) is 2. The Bertz CT molecular complexity index is 757. The third-order valence-electron chi connectivity index (χ3n) is 3.10. The molecule has 0 radical (unpaired) electrons.